The maximum absolute atomic E-state index is 10.4. The smallest absolute Gasteiger partial charge is 0.131 e. The first-order chi connectivity index (χ1) is 12.8. The average molecular weight is 346 g/mol. The highest BCUT2D eigenvalue weighted by atomic mass is 16.5. The Morgan fingerprint density at radius 1 is 0.885 bits per heavy atom. The molecule has 3 heteroatoms. The van der Waals surface area contributed by atoms with Gasteiger partial charge in [-0.3, -0.25) is 0 Å². The van der Waals surface area contributed by atoms with Gasteiger partial charge in [0.15, 0.2) is 0 Å². The van der Waals surface area contributed by atoms with E-state index in [1.807, 2.05) is 72.8 Å². The van der Waals surface area contributed by atoms with E-state index in [1.54, 1.807) is 19.2 Å². The zero-order valence-corrected chi connectivity index (χ0v) is 14.8. The number of benzene rings is 3. The van der Waals surface area contributed by atoms with Crippen molar-refractivity contribution in [2.75, 3.05) is 13.7 Å². The molecule has 0 amide bonds. The summed E-state index contributed by atoms with van der Waals surface area (Å²) in [7, 11) is 1.66. The summed E-state index contributed by atoms with van der Waals surface area (Å²) in [6.45, 7) is 0.885. The molecule has 0 spiro atoms. The molecule has 3 rings (SSSR count). The van der Waals surface area contributed by atoms with Crippen LogP contribution in [0.15, 0.2) is 78.9 Å². The summed E-state index contributed by atoms with van der Waals surface area (Å²) in [6, 6.07) is 23.3. The minimum Gasteiger partial charge on any atom is -0.507 e. The second-order valence-electron chi connectivity index (χ2n) is 5.86. The van der Waals surface area contributed by atoms with Crippen molar-refractivity contribution in [3.8, 4) is 22.6 Å². The Kier molecular flexibility index (Phi) is 6.07. The van der Waals surface area contributed by atoms with Crippen molar-refractivity contribution < 1.29 is 14.6 Å². The number of ether oxygens (including phenoxy) is 2. The Morgan fingerprint density at radius 3 is 2.46 bits per heavy atom. The number of phenols is 1. The van der Waals surface area contributed by atoms with Gasteiger partial charge < -0.3 is 14.6 Å². The summed E-state index contributed by atoms with van der Waals surface area (Å²) in [5.74, 6) is 0.837. The van der Waals surface area contributed by atoms with Gasteiger partial charge in [-0.2, -0.15) is 0 Å². The molecule has 26 heavy (non-hydrogen) atoms. The van der Waals surface area contributed by atoms with Crippen LogP contribution in [0.4, 0.5) is 0 Å². The predicted molar refractivity (Wildman–Crippen MR) is 105 cm³/mol. The van der Waals surface area contributed by atoms with Crippen LogP contribution in [-0.4, -0.2) is 18.8 Å². The Morgan fingerprint density at radius 2 is 1.65 bits per heavy atom. The second-order valence-corrected chi connectivity index (χ2v) is 5.86. The molecule has 1 N–H and O–H groups in total. The van der Waals surface area contributed by atoms with Crippen LogP contribution in [0, 0.1) is 0 Å². The average Bonchev–Trinajstić information content (AvgIpc) is 2.67. The summed E-state index contributed by atoms with van der Waals surface area (Å²) in [5, 5.41) is 10.4. The fourth-order valence-corrected chi connectivity index (χ4v) is 2.84. The molecule has 3 aromatic rings. The number of hydrogen-bond donors (Lipinski definition) is 1. The van der Waals surface area contributed by atoms with Crippen molar-refractivity contribution >= 4 is 6.08 Å². The third-order valence-electron chi connectivity index (χ3n) is 4.04. The number of rotatable bonds is 7. The first-order valence-electron chi connectivity index (χ1n) is 8.53. The molecule has 0 aliphatic rings. The SMILES string of the molecule is COCc1ccccc1-c1c(O)cccc1OCC=Cc1ccccc1. The first kappa shape index (κ1) is 17.8. The number of aromatic hydroxyl groups is 1. The zero-order chi connectivity index (χ0) is 18.2. The summed E-state index contributed by atoms with van der Waals surface area (Å²) in [6.07, 6.45) is 3.98. The van der Waals surface area contributed by atoms with E-state index in [0.717, 1.165) is 16.7 Å². The van der Waals surface area contributed by atoms with Gasteiger partial charge in [0.2, 0.25) is 0 Å². The largest absolute Gasteiger partial charge is 0.507 e. The standard InChI is InChI=1S/C23H22O3/c1-25-17-19-12-5-6-13-20(19)23-21(24)14-7-15-22(23)26-16-8-11-18-9-3-2-4-10-18/h2-15,24H,16-17H2,1H3. The first-order valence-corrected chi connectivity index (χ1v) is 8.53. The molecule has 3 nitrogen and oxygen atoms in total. The third kappa shape index (κ3) is 4.32. The Bertz CT molecular complexity index is 870. The van der Waals surface area contributed by atoms with E-state index in [0.29, 0.717) is 24.5 Å². The highest BCUT2D eigenvalue weighted by molar-refractivity contribution is 5.78. The Labute approximate surface area is 154 Å². The number of phenolic OH excluding ortho intramolecular Hbond substituents is 1. The maximum atomic E-state index is 10.4. The minimum atomic E-state index is 0.193. The van der Waals surface area contributed by atoms with Crippen molar-refractivity contribution in [3.63, 3.8) is 0 Å². The van der Waals surface area contributed by atoms with Crippen molar-refractivity contribution in [2.24, 2.45) is 0 Å². The molecule has 0 unspecified atom stereocenters. The molecule has 0 heterocycles. The van der Waals surface area contributed by atoms with E-state index < -0.39 is 0 Å². The fraction of sp³-hybridized carbons (Fsp3) is 0.130. The number of methoxy groups -OCH3 is 1. The maximum Gasteiger partial charge on any atom is 0.131 e. The lowest BCUT2D eigenvalue weighted by Crippen LogP contribution is -1.98. The minimum absolute atomic E-state index is 0.193. The third-order valence-corrected chi connectivity index (χ3v) is 4.04. The van der Waals surface area contributed by atoms with E-state index in [-0.39, 0.29) is 5.75 Å². The molecule has 0 radical (unpaired) electrons. The summed E-state index contributed by atoms with van der Waals surface area (Å²) < 4.78 is 11.2. The van der Waals surface area contributed by atoms with Gasteiger partial charge in [0.25, 0.3) is 0 Å². The van der Waals surface area contributed by atoms with Crippen molar-refractivity contribution in [1.82, 2.24) is 0 Å². The van der Waals surface area contributed by atoms with Gasteiger partial charge in [0.1, 0.15) is 18.1 Å². The molecule has 132 valence electrons. The summed E-state index contributed by atoms with van der Waals surface area (Å²) in [4.78, 5) is 0. The monoisotopic (exact) mass is 346 g/mol. The van der Waals surface area contributed by atoms with Gasteiger partial charge in [0.05, 0.1) is 12.2 Å². The van der Waals surface area contributed by atoms with Gasteiger partial charge >= 0.3 is 0 Å². The normalized spacial score (nSPS) is 11.0. The van der Waals surface area contributed by atoms with E-state index in [4.69, 9.17) is 9.47 Å². The molecule has 0 atom stereocenters. The van der Waals surface area contributed by atoms with Crippen LogP contribution in [0.3, 0.4) is 0 Å². The van der Waals surface area contributed by atoms with E-state index in [2.05, 4.69) is 0 Å². The van der Waals surface area contributed by atoms with Gasteiger partial charge in [-0.25, -0.2) is 0 Å². The molecule has 0 aromatic heterocycles. The van der Waals surface area contributed by atoms with Gasteiger partial charge in [-0.15, -0.1) is 0 Å². The molecule has 3 aromatic carbocycles. The molecular formula is C23H22O3. The van der Waals surface area contributed by atoms with E-state index in [1.165, 1.54) is 0 Å². The van der Waals surface area contributed by atoms with Crippen LogP contribution in [0.5, 0.6) is 11.5 Å². The molecule has 0 aliphatic heterocycles. The van der Waals surface area contributed by atoms with E-state index >= 15 is 0 Å². The van der Waals surface area contributed by atoms with Crippen LogP contribution in [0.25, 0.3) is 17.2 Å². The van der Waals surface area contributed by atoms with E-state index in [9.17, 15) is 5.11 Å². The molecule has 0 saturated heterocycles. The van der Waals surface area contributed by atoms with Crippen molar-refractivity contribution in [3.05, 3.63) is 90.0 Å². The van der Waals surface area contributed by atoms with Gasteiger partial charge in [0, 0.05) is 7.11 Å². The highest BCUT2D eigenvalue weighted by Crippen LogP contribution is 2.39. The van der Waals surface area contributed by atoms with Gasteiger partial charge in [-0.05, 0) is 34.9 Å². The summed E-state index contributed by atoms with van der Waals surface area (Å²) >= 11 is 0. The Balaban J connectivity index is 1.83. The topological polar surface area (TPSA) is 38.7 Å². The van der Waals surface area contributed by atoms with Crippen LogP contribution in [0.1, 0.15) is 11.1 Å². The zero-order valence-electron chi connectivity index (χ0n) is 14.8. The Hall–Kier alpha value is -3.04. The molecule has 0 saturated carbocycles. The molecule has 0 aliphatic carbocycles. The molecule has 0 bridgehead atoms. The van der Waals surface area contributed by atoms with Crippen molar-refractivity contribution in [2.45, 2.75) is 6.61 Å². The highest BCUT2D eigenvalue weighted by Gasteiger charge is 2.14. The fourth-order valence-electron chi connectivity index (χ4n) is 2.84. The molecule has 0 fully saturated rings. The lowest BCUT2D eigenvalue weighted by atomic mass is 9.98. The van der Waals surface area contributed by atoms with Crippen LogP contribution < -0.4 is 4.74 Å². The van der Waals surface area contributed by atoms with Crippen molar-refractivity contribution in [1.29, 1.82) is 0 Å². The van der Waals surface area contributed by atoms with Gasteiger partial charge in [-0.1, -0.05) is 66.7 Å². The van der Waals surface area contributed by atoms with Crippen LogP contribution in [-0.2, 0) is 11.3 Å². The lowest BCUT2D eigenvalue weighted by molar-refractivity contribution is 0.185. The van der Waals surface area contributed by atoms with Crippen LogP contribution in [0.2, 0.25) is 0 Å². The quantitative estimate of drug-likeness (QED) is 0.631. The van der Waals surface area contributed by atoms with Crippen LogP contribution >= 0.6 is 0 Å². The second kappa shape index (κ2) is 8.88. The molecular weight excluding hydrogens is 324 g/mol. The summed E-state index contributed by atoms with van der Waals surface area (Å²) in [5.41, 5.74) is 3.72. The predicted octanol–water partition coefficient (Wildman–Crippen LogP) is 5.30. The number of hydrogen-bond acceptors (Lipinski definition) is 3. The lowest BCUT2D eigenvalue weighted by Gasteiger charge is -2.15.